The first kappa shape index (κ1) is 14.3. The van der Waals surface area contributed by atoms with Gasteiger partial charge in [0, 0.05) is 11.7 Å². The number of fused-ring (bicyclic) bond motifs is 1. The summed E-state index contributed by atoms with van der Waals surface area (Å²) in [6.07, 6.45) is 0.997. The lowest BCUT2D eigenvalue weighted by atomic mass is 10.0. The second kappa shape index (κ2) is 6.00. The lowest BCUT2D eigenvalue weighted by Gasteiger charge is -2.18. The molecule has 3 rings (SSSR count). The van der Waals surface area contributed by atoms with Gasteiger partial charge >= 0.3 is 0 Å². The molecule has 0 aliphatic rings. The Bertz CT molecular complexity index is 741. The van der Waals surface area contributed by atoms with Crippen molar-refractivity contribution in [1.82, 2.24) is 15.1 Å². The molecule has 0 spiro atoms. The smallest absolute Gasteiger partial charge is 0.0597 e. The van der Waals surface area contributed by atoms with Crippen LogP contribution in [0.1, 0.15) is 29.9 Å². The van der Waals surface area contributed by atoms with Crippen LogP contribution in [0.4, 0.5) is 0 Å². The minimum atomic E-state index is 0.305. The van der Waals surface area contributed by atoms with Gasteiger partial charge in [-0.1, -0.05) is 25.1 Å². The molecular formula is C17H21N3S. The van der Waals surface area contributed by atoms with Gasteiger partial charge in [0.15, 0.2) is 0 Å². The minimum absolute atomic E-state index is 0.305. The highest BCUT2D eigenvalue weighted by Gasteiger charge is 2.17. The molecule has 1 N–H and O–H groups in total. The van der Waals surface area contributed by atoms with Crippen LogP contribution in [-0.4, -0.2) is 16.3 Å². The minimum Gasteiger partial charge on any atom is -0.309 e. The summed E-state index contributed by atoms with van der Waals surface area (Å²) in [5.74, 6) is 0. The van der Waals surface area contributed by atoms with Crippen molar-refractivity contribution < 1.29 is 0 Å². The van der Waals surface area contributed by atoms with Gasteiger partial charge in [-0.05, 0) is 48.4 Å². The quantitative estimate of drug-likeness (QED) is 0.776. The first-order valence-electron chi connectivity index (χ1n) is 7.38. The van der Waals surface area contributed by atoms with Crippen molar-refractivity contribution in [2.45, 2.75) is 26.3 Å². The molecule has 0 saturated heterocycles. The third-order valence-electron chi connectivity index (χ3n) is 3.83. The summed E-state index contributed by atoms with van der Waals surface area (Å²) in [4.78, 5) is 0. The highest BCUT2D eigenvalue weighted by molar-refractivity contribution is 7.17. The Hall–Kier alpha value is -1.65. The molecule has 0 saturated carbocycles. The van der Waals surface area contributed by atoms with Gasteiger partial charge in [0.25, 0.3) is 0 Å². The summed E-state index contributed by atoms with van der Waals surface area (Å²) < 4.78 is 3.36. The molecule has 3 aromatic rings. The van der Waals surface area contributed by atoms with Crippen LogP contribution in [0.15, 0.2) is 35.7 Å². The van der Waals surface area contributed by atoms with E-state index < -0.39 is 0 Å². The van der Waals surface area contributed by atoms with E-state index >= 15 is 0 Å². The number of hydrogen-bond donors (Lipinski definition) is 1. The average Bonchev–Trinajstić information content (AvgIpc) is 3.02. The Labute approximate surface area is 129 Å². The maximum absolute atomic E-state index is 4.49. The number of nitrogens with zero attached hydrogens (tertiary/aromatic N) is 2. The molecule has 2 heterocycles. The van der Waals surface area contributed by atoms with Gasteiger partial charge in [-0.3, -0.25) is 4.68 Å². The van der Waals surface area contributed by atoms with E-state index in [0.717, 1.165) is 18.7 Å². The Morgan fingerprint density at radius 3 is 2.86 bits per heavy atom. The fourth-order valence-corrected chi connectivity index (χ4v) is 3.87. The van der Waals surface area contributed by atoms with Crippen molar-refractivity contribution in [2.75, 3.05) is 6.54 Å². The number of rotatable bonds is 5. The van der Waals surface area contributed by atoms with Gasteiger partial charge in [-0.25, -0.2) is 0 Å². The maximum Gasteiger partial charge on any atom is 0.0597 e. The molecule has 1 atom stereocenters. The van der Waals surface area contributed by atoms with E-state index in [1.807, 2.05) is 30.0 Å². The van der Waals surface area contributed by atoms with Crippen LogP contribution in [-0.2, 0) is 13.5 Å². The van der Waals surface area contributed by atoms with E-state index in [1.165, 1.54) is 21.3 Å². The van der Waals surface area contributed by atoms with Gasteiger partial charge in [-0.15, -0.1) is 11.3 Å². The molecule has 0 fully saturated rings. The van der Waals surface area contributed by atoms with Crippen LogP contribution < -0.4 is 5.32 Å². The van der Waals surface area contributed by atoms with Crippen LogP contribution in [0, 0.1) is 6.92 Å². The van der Waals surface area contributed by atoms with Crippen molar-refractivity contribution in [3.05, 3.63) is 52.7 Å². The highest BCUT2D eigenvalue weighted by Crippen LogP contribution is 2.29. The number of thiophene rings is 1. The van der Waals surface area contributed by atoms with E-state index in [9.17, 15) is 0 Å². The van der Waals surface area contributed by atoms with Crippen LogP contribution in [0.2, 0.25) is 0 Å². The Balaban J connectivity index is 1.93. The first-order chi connectivity index (χ1) is 10.2. The van der Waals surface area contributed by atoms with Crippen molar-refractivity contribution in [1.29, 1.82) is 0 Å². The van der Waals surface area contributed by atoms with Gasteiger partial charge in [0.2, 0.25) is 0 Å². The first-order valence-corrected chi connectivity index (χ1v) is 8.26. The van der Waals surface area contributed by atoms with Gasteiger partial charge in [-0.2, -0.15) is 5.10 Å². The fraction of sp³-hybridized carbons (Fsp3) is 0.353. The normalized spacial score (nSPS) is 12.9. The zero-order chi connectivity index (χ0) is 14.8. The number of nitrogens with one attached hydrogen (secondary N) is 1. The van der Waals surface area contributed by atoms with E-state index in [4.69, 9.17) is 0 Å². The monoisotopic (exact) mass is 299 g/mol. The third-order valence-corrected chi connectivity index (χ3v) is 4.84. The van der Waals surface area contributed by atoms with Crippen molar-refractivity contribution >= 4 is 21.4 Å². The SMILES string of the molecule is CCNC(Cc1csc2ccccc12)c1cc(C)nn1C. The van der Waals surface area contributed by atoms with Crippen molar-refractivity contribution in [2.24, 2.45) is 7.05 Å². The molecule has 4 heteroatoms. The molecule has 2 aromatic heterocycles. The van der Waals surface area contributed by atoms with E-state index in [2.05, 4.69) is 53.1 Å². The zero-order valence-corrected chi connectivity index (χ0v) is 13.6. The summed E-state index contributed by atoms with van der Waals surface area (Å²) in [5.41, 5.74) is 3.75. The van der Waals surface area contributed by atoms with Gasteiger partial charge < -0.3 is 5.32 Å². The second-order valence-corrected chi connectivity index (χ2v) is 6.32. The molecular weight excluding hydrogens is 278 g/mol. The number of hydrogen-bond acceptors (Lipinski definition) is 3. The van der Waals surface area contributed by atoms with Crippen molar-refractivity contribution in [3.63, 3.8) is 0 Å². The molecule has 3 nitrogen and oxygen atoms in total. The zero-order valence-electron chi connectivity index (χ0n) is 12.8. The highest BCUT2D eigenvalue weighted by atomic mass is 32.1. The topological polar surface area (TPSA) is 29.9 Å². The van der Waals surface area contributed by atoms with E-state index in [0.29, 0.717) is 6.04 Å². The second-order valence-electron chi connectivity index (χ2n) is 5.41. The molecule has 1 unspecified atom stereocenters. The summed E-state index contributed by atoms with van der Waals surface area (Å²) in [6, 6.07) is 11.1. The standard InChI is InChI=1S/C17H21N3S/c1-4-18-15(16-9-12(2)19-20(16)3)10-13-11-21-17-8-6-5-7-14(13)17/h5-9,11,15,18H,4,10H2,1-3H3. The van der Waals surface area contributed by atoms with Crippen LogP contribution in [0.3, 0.4) is 0 Å². The van der Waals surface area contributed by atoms with Crippen LogP contribution in [0.25, 0.3) is 10.1 Å². The maximum atomic E-state index is 4.49. The molecule has 0 aliphatic carbocycles. The Kier molecular flexibility index (Phi) is 4.08. The third kappa shape index (κ3) is 2.87. The fourth-order valence-electron chi connectivity index (χ4n) is 2.90. The van der Waals surface area contributed by atoms with E-state index in [-0.39, 0.29) is 0 Å². The Morgan fingerprint density at radius 2 is 2.14 bits per heavy atom. The molecule has 1 aromatic carbocycles. The van der Waals surface area contributed by atoms with Gasteiger partial charge in [0.1, 0.15) is 0 Å². The summed E-state index contributed by atoms with van der Waals surface area (Å²) in [5, 5.41) is 11.8. The molecule has 110 valence electrons. The largest absolute Gasteiger partial charge is 0.309 e. The molecule has 21 heavy (non-hydrogen) atoms. The number of benzene rings is 1. The summed E-state index contributed by atoms with van der Waals surface area (Å²) in [7, 11) is 2.03. The average molecular weight is 299 g/mol. The van der Waals surface area contributed by atoms with E-state index in [1.54, 1.807) is 0 Å². The van der Waals surface area contributed by atoms with Crippen LogP contribution in [0.5, 0.6) is 0 Å². The number of likely N-dealkylation sites (N-methyl/N-ethyl adjacent to an activating group) is 1. The molecule has 0 radical (unpaired) electrons. The predicted molar refractivity (Wildman–Crippen MR) is 89.9 cm³/mol. The molecule has 0 bridgehead atoms. The summed E-state index contributed by atoms with van der Waals surface area (Å²) >= 11 is 1.83. The summed E-state index contributed by atoms with van der Waals surface area (Å²) in [6.45, 7) is 5.16. The van der Waals surface area contributed by atoms with Crippen LogP contribution >= 0.6 is 11.3 Å². The van der Waals surface area contributed by atoms with Crippen molar-refractivity contribution in [3.8, 4) is 0 Å². The lowest BCUT2D eigenvalue weighted by molar-refractivity contribution is 0.509. The van der Waals surface area contributed by atoms with Gasteiger partial charge in [0.05, 0.1) is 17.4 Å². The number of aromatic nitrogens is 2. The molecule has 0 amide bonds. The molecule has 0 aliphatic heterocycles. The lowest BCUT2D eigenvalue weighted by Crippen LogP contribution is -2.25. The predicted octanol–water partition coefficient (Wildman–Crippen LogP) is 3.84. The Morgan fingerprint density at radius 1 is 1.33 bits per heavy atom. The number of aryl methyl sites for hydroxylation is 2.